The molecule has 0 aromatic rings. The van der Waals surface area contributed by atoms with Gasteiger partial charge in [0.05, 0.1) is 18.8 Å². The van der Waals surface area contributed by atoms with Crippen molar-refractivity contribution in [1.29, 1.82) is 0 Å². The van der Waals surface area contributed by atoms with Crippen LogP contribution in [-0.2, 0) is 14.2 Å². The first-order valence-corrected chi connectivity index (χ1v) is 8.55. The van der Waals surface area contributed by atoms with E-state index in [1.165, 1.54) is 51.4 Å². The van der Waals surface area contributed by atoms with Gasteiger partial charge < -0.3 is 14.2 Å². The Bertz CT molecular complexity index is 301. The van der Waals surface area contributed by atoms with Crippen molar-refractivity contribution in [1.82, 2.24) is 0 Å². The summed E-state index contributed by atoms with van der Waals surface area (Å²) in [7, 11) is 0. The van der Waals surface area contributed by atoms with E-state index in [-0.39, 0.29) is 5.60 Å². The van der Waals surface area contributed by atoms with E-state index in [9.17, 15) is 0 Å². The molecule has 0 radical (unpaired) electrons. The zero-order valence-electron chi connectivity index (χ0n) is 13.0. The van der Waals surface area contributed by atoms with Gasteiger partial charge in [-0.05, 0) is 50.9 Å². The van der Waals surface area contributed by atoms with Crippen molar-refractivity contribution in [3.63, 3.8) is 0 Å². The van der Waals surface area contributed by atoms with Crippen molar-refractivity contribution >= 4 is 0 Å². The molecule has 3 nitrogen and oxygen atoms in total. The molecule has 116 valence electrons. The molecule has 1 unspecified atom stereocenters. The summed E-state index contributed by atoms with van der Waals surface area (Å²) in [6.45, 7) is 7.06. The van der Waals surface area contributed by atoms with Gasteiger partial charge in [0.1, 0.15) is 0 Å². The van der Waals surface area contributed by atoms with Crippen LogP contribution in [0.2, 0.25) is 0 Å². The Morgan fingerprint density at radius 3 is 2.55 bits per heavy atom. The van der Waals surface area contributed by atoms with E-state index < -0.39 is 0 Å². The molecular weight excluding hydrogens is 252 g/mol. The summed E-state index contributed by atoms with van der Waals surface area (Å²) in [6.07, 6.45) is 10.2. The van der Waals surface area contributed by atoms with E-state index in [0.29, 0.717) is 5.41 Å². The van der Waals surface area contributed by atoms with Crippen LogP contribution in [0.4, 0.5) is 0 Å². The normalized spacial score (nSPS) is 30.1. The van der Waals surface area contributed by atoms with Gasteiger partial charge >= 0.3 is 0 Å². The third-order valence-electron chi connectivity index (χ3n) is 5.65. The second kappa shape index (κ2) is 6.33. The van der Waals surface area contributed by atoms with Crippen molar-refractivity contribution in [3.8, 4) is 0 Å². The zero-order valence-corrected chi connectivity index (χ0v) is 13.0. The fourth-order valence-corrected chi connectivity index (χ4v) is 3.60. The molecule has 3 rings (SSSR count). The largest absolute Gasteiger partial charge is 0.381 e. The lowest BCUT2D eigenvalue weighted by atomic mass is 9.77. The van der Waals surface area contributed by atoms with Crippen LogP contribution in [-0.4, -0.2) is 38.6 Å². The Labute approximate surface area is 123 Å². The molecule has 1 aliphatic carbocycles. The summed E-state index contributed by atoms with van der Waals surface area (Å²) in [6, 6.07) is 0. The molecule has 3 heteroatoms. The molecule has 20 heavy (non-hydrogen) atoms. The van der Waals surface area contributed by atoms with Crippen LogP contribution in [0.25, 0.3) is 0 Å². The number of hydrogen-bond donors (Lipinski definition) is 0. The second-order valence-electron chi connectivity index (χ2n) is 7.25. The summed E-state index contributed by atoms with van der Waals surface area (Å²) in [5.41, 5.74) is 0.705. The minimum atomic E-state index is 0.271. The fourth-order valence-electron chi connectivity index (χ4n) is 3.60. The Hall–Kier alpha value is -0.120. The van der Waals surface area contributed by atoms with Crippen LogP contribution in [0, 0.1) is 11.3 Å². The van der Waals surface area contributed by atoms with Gasteiger partial charge in [-0.25, -0.2) is 0 Å². The average molecular weight is 282 g/mol. The van der Waals surface area contributed by atoms with E-state index in [0.717, 1.165) is 39.0 Å². The van der Waals surface area contributed by atoms with Crippen LogP contribution in [0.5, 0.6) is 0 Å². The SMILES string of the molecule is CCC1(OCCC2(CCCC3CCOC3)COC2)CC1. The molecule has 0 spiro atoms. The first kappa shape index (κ1) is 14.8. The highest BCUT2D eigenvalue weighted by atomic mass is 16.5. The third kappa shape index (κ3) is 3.55. The van der Waals surface area contributed by atoms with Crippen molar-refractivity contribution in [2.75, 3.05) is 33.0 Å². The lowest BCUT2D eigenvalue weighted by Gasteiger charge is -2.42. The summed E-state index contributed by atoms with van der Waals surface area (Å²) in [5.74, 6) is 0.819. The Balaban J connectivity index is 1.34. The number of hydrogen-bond acceptors (Lipinski definition) is 3. The minimum absolute atomic E-state index is 0.271. The Morgan fingerprint density at radius 2 is 2.00 bits per heavy atom. The molecule has 0 bridgehead atoms. The predicted molar refractivity (Wildman–Crippen MR) is 78.9 cm³/mol. The van der Waals surface area contributed by atoms with Gasteiger partial charge in [0.2, 0.25) is 0 Å². The first-order valence-electron chi connectivity index (χ1n) is 8.55. The monoisotopic (exact) mass is 282 g/mol. The fraction of sp³-hybridized carbons (Fsp3) is 1.00. The lowest BCUT2D eigenvalue weighted by Crippen LogP contribution is -2.43. The summed E-state index contributed by atoms with van der Waals surface area (Å²) in [5, 5.41) is 0. The summed E-state index contributed by atoms with van der Waals surface area (Å²) >= 11 is 0. The van der Waals surface area contributed by atoms with Crippen LogP contribution >= 0.6 is 0 Å². The maximum atomic E-state index is 6.13. The molecule has 0 aromatic carbocycles. The van der Waals surface area contributed by atoms with Gasteiger partial charge in [0.15, 0.2) is 0 Å². The molecule has 0 aromatic heterocycles. The molecule has 3 aliphatic rings. The van der Waals surface area contributed by atoms with E-state index in [2.05, 4.69) is 6.92 Å². The standard InChI is InChI=1S/C17H30O3/c1-2-17(7-8-17)20-11-9-16(13-19-14-16)6-3-4-15-5-10-18-12-15/h15H,2-14H2,1H3. The maximum Gasteiger partial charge on any atom is 0.0682 e. The Morgan fingerprint density at radius 1 is 1.15 bits per heavy atom. The van der Waals surface area contributed by atoms with Crippen molar-refractivity contribution in [3.05, 3.63) is 0 Å². The van der Waals surface area contributed by atoms with E-state index in [1.54, 1.807) is 0 Å². The molecular formula is C17H30O3. The molecule has 1 saturated carbocycles. The van der Waals surface area contributed by atoms with Crippen molar-refractivity contribution in [2.24, 2.45) is 11.3 Å². The van der Waals surface area contributed by atoms with Gasteiger partial charge in [0, 0.05) is 25.2 Å². The lowest BCUT2D eigenvalue weighted by molar-refractivity contribution is -0.136. The van der Waals surface area contributed by atoms with Crippen molar-refractivity contribution in [2.45, 2.75) is 63.9 Å². The third-order valence-corrected chi connectivity index (χ3v) is 5.65. The highest BCUT2D eigenvalue weighted by Crippen LogP contribution is 2.44. The highest BCUT2D eigenvalue weighted by Gasteiger charge is 2.43. The van der Waals surface area contributed by atoms with Crippen LogP contribution in [0.1, 0.15) is 58.3 Å². The van der Waals surface area contributed by atoms with Crippen LogP contribution < -0.4 is 0 Å². The van der Waals surface area contributed by atoms with Crippen LogP contribution in [0.3, 0.4) is 0 Å². The molecule has 2 saturated heterocycles. The Kier molecular flexibility index (Phi) is 4.68. The first-order chi connectivity index (χ1) is 9.76. The van der Waals surface area contributed by atoms with E-state index in [4.69, 9.17) is 14.2 Å². The molecule has 0 amide bonds. The van der Waals surface area contributed by atoms with Gasteiger partial charge in [0.25, 0.3) is 0 Å². The summed E-state index contributed by atoms with van der Waals surface area (Å²) < 4.78 is 17.1. The maximum absolute atomic E-state index is 6.13. The van der Waals surface area contributed by atoms with Gasteiger partial charge in [-0.1, -0.05) is 13.3 Å². The molecule has 2 heterocycles. The molecule has 1 atom stereocenters. The molecule has 2 aliphatic heterocycles. The average Bonchev–Trinajstić information content (AvgIpc) is 3.01. The zero-order chi connectivity index (χ0) is 13.9. The number of ether oxygens (including phenoxy) is 3. The van der Waals surface area contributed by atoms with E-state index in [1.807, 2.05) is 0 Å². The van der Waals surface area contributed by atoms with Gasteiger partial charge in [-0.3, -0.25) is 0 Å². The van der Waals surface area contributed by atoms with Gasteiger partial charge in [-0.2, -0.15) is 0 Å². The number of rotatable bonds is 9. The summed E-state index contributed by atoms with van der Waals surface area (Å²) in [4.78, 5) is 0. The predicted octanol–water partition coefficient (Wildman–Crippen LogP) is 3.56. The molecule has 0 N–H and O–H groups in total. The quantitative estimate of drug-likeness (QED) is 0.647. The second-order valence-corrected chi connectivity index (χ2v) is 7.25. The smallest absolute Gasteiger partial charge is 0.0682 e. The van der Waals surface area contributed by atoms with E-state index >= 15 is 0 Å². The highest BCUT2D eigenvalue weighted by molar-refractivity contribution is 4.95. The molecule has 3 fully saturated rings. The topological polar surface area (TPSA) is 27.7 Å². The van der Waals surface area contributed by atoms with Gasteiger partial charge in [-0.15, -0.1) is 0 Å². The van der Waals surface area contributed by atoms with Crippen LogP contribution in [0.15, 0.2) is 0 Å². The minimum Gasteiger partial charge on any atom is -0.381 e. The van der Waals surface area contributed by atoms with Crippen molar-refractivity contribution < 1.29 is 14.2 Å².